The zero-order valence-electron chi connectivity index (χ0n) is 11.8. The lowest BCUT2D eigenvalue weighted by atomic mass is 9.83. The SMILES string of the molecule is CCCC1(C(=O)O)CCN(C(=O)Nc2cnn(C)c2)C1. The highest BCUT2D eigenvalue weighted by Crippen LogP contribution is 2.35. The van der Waals surface area contributed by atoms with Gasteiger partial charge in [0, 0.05) is 26.3 Å². The van der Waals surface area contributed by atoms with E-state index in [1.807, 2.05) is 6.92 Å². The van der Waals surface area contributed by atoms with Crippen molar-refractivity contribution in [2.24, 2.45) is 12.5 Å². The third-order valence-corrected chi connectivity index (χ3v) is 3.78. The molecule has 0 spiro atoms. The van der Waals surface area contributed by atoms with Gasteiger partial charge in [0.05, 0.1) is 17.3 Å². The summed E-state index contributed by atoms with van der Waals surface area (Å²) in [6, 6.07) is -0.266. The molecule has 2 N–H and O–H groups in total. The molecule has 2 amide bonds. The summed E-state index contributed by atoms with van der Waals surface area (Å²) < 4.78 is 1.60. The number of hydrogen-bond acceptors (Lipinski definition) is 3. The lowest BCUT2D eigenvalue weighted by Gasteiger charge is -2.24. The Morgan fingerprint density at radius 2 is 2.30 bits per heavy atom. The monoisotopic (exact) mass is 280 g/mol. The Morgan fingerprint density at radius 3 is 2.85 bits per heavy atom. The number of carbonyl (C=O) groups excluding carboxylic acids is 1. The van der Waals surface area contributed by atoms with Crippen LogP contribution < -0.4 is 5.32 Å². The van der Waals surface area contributed by atoms with Crippen LogP contribution >= 0.6 is 0 Å². The van der Waals surface area contributed by atoms with Gasteiger partial charge in [0.15, 0.2) is 0 Å². The molecule has 0 radical (unpaired) electrons. The number of nitrogens with one attached hydrogen (secondary N) is 1. The number of nitrogens with zero attached hydrogens (tertiary/aromatic N) is 3. The molecule has 1 aromatic heterocycles. The minimum atomic E-state index is -0.809. The Hall–Kier alpha value is -2.05. The van der Waals surface area contributed by atoms with Crippen molar-refractivity contribution in [1.82, 2.24) is 14.7 Å². The van der Waals surface area contributed by atoms with Crippen molar-refractivity contribution in [1.29, 1.82) is 0 Å². The van der Waals surface area contributed by atoms with Crippen molar-refractivity contribution in [2.45, 2.75) is 26.2 Å². The first-order valence-corrected chi connectivity index (χ1v) is 6.75. The Morgan fingerprint density at radius 1 is 1.55 bits per heavy atom. The molecule has 0 aliphatic carbocycles. The van der Waals surface area contributed by atoms with E-state index in [9.17, 15) is 14.7 Å². The number of rotatable bonds is 4. The van der Waals surface area contributed by atoms with Gasteiger partial charge < -0.3 is 15.3 Å². The highest BCUT2D eigenvalue weighted by atomic mass is 16.4. The summed E-state index contributed by atoms with van der Waals surface area (Å²) in [7, 11) is 1.77. The van der Waals surface area contributed by atoms with Crippen molar-refractivity contribution in [3.63, 3.8) is 0 Å². The first-order chi connectivity index (χ1) is 9.47. The predicted molar refractivity (Wildman–Crippen MR) is 73.4 cm³/mol. The Balaban J connectivity index is 2.01. The number of aromatic nitrogens is 2. The van der Waals surface area contributed by atoms with E-state index in [1.165, 1.54) is 0 Å². The normalized spacial score (nSPS) is 22.0. The highest BCUT2D eigenvalue weighted by molar-refractivity contribution is 5.90. The van der Waals surface area contributed by atoms with Gasteiger partial charge in [-0.3, -0.25) is 9.48 Å². The van der Waals surface area contributed by atoms with Crippen molar-refractivity contribution in [3.05, 3.63) is 12.4 Å². The number of carbonyl (C=O) groups is 2. The standard InChI is InChI=1S/C13H20N4O3/c1-3-4-13(11(18)19)5-6-17(9-13)12(20)15-10-7-14-16(2)8-10/h7-8H,3-6,9H2,1-2H3,(H,15,20)(H,18,19). The molecule has 1 unspecified atom stereocenters. The van der Waals surface area contributed by atoms with Crippen LogP contribution in [0.1, 0.15) is 26.2 Å². The molecule has 1 saturated heterocycles. The number of anilines is 1. The van der Waals surface area contributed by atoms with E-state index in [4.69, 9.17) is 0 Å². The third kappa shape index (κ3) is 2.76. The Labute approximate surface area is 117 Å². The van der Waals surface area contributed by atoms with E-state index in [0.717, 1.165) is 6.42 Å². The molecule has 1 fully saturated rings. The second-order valence-electron chi connectivity index (χ2n) is 5.34. The smallest absolute Gasteiger partial charge is 0.321 e. The van der Waals surface area contributed by atoms with Gasteiger partial charge in [-0.15, -0.1) is 0 Å². The van der Waals surface area contributed by atoms with Gasteiger partial charge in [0.2, 0.25) is 0 Å². The van der Waals surface area contributed by atoms with Gasteiger partial charge in [-0.25, -0.2) is 4.79 Å². The van der Waals surface area contributed by atoms with Crippen LogP contribution in [-0.4, -0.2) is 44.9 Å². The quantitative estimate of drug-likeness (QED) is 0.875. The third-order valence-electron chi connectivity index (χ3n) is 3.78. The van der Waals surface area contributed by atoms with Gasteiger partial charge in [0.25, 0.3) is 0 Å². The lowest BCUT2D eigenvalue weighted by Crippen LogP contribution is -2.38. The van der Waals surface area contributed by atoms with Gasteiger partial charge >= 0.3 is 12.0 Å². The zero-order valence-corrected chi connectivity index (χ0v) is 11.8. The molecule has 7 nitrogen and oxygen atoms in total. The van der Waals surface area contributed by atoms with Crippen LogP contribution in [0.4, 0.5) is 10.5 Å². The van der Waals surface area contributed by atoms with Crippen LogP contribution in [0.15, 0.2) is 12.4 Å². The van der Waals surface area contributed by atoms with Crippen molar-refractivity contribution >= 4 is 17.7 Å². The molecule has 110 valence electrons. The first-order valence-electron chi connectivity index (χ1n) is 6.75. The van der Waals surface area contributed by atoms with E-state index in [-0.39, 0.29) is 12.6 Å². The zero-order chi connectivity index (χ0) is 14.8. The van der Waals surface area contributed by atoms with Crippen molar-refractivity contribution in [3.8, 4) is 0 Å². The molecule has 1 aromatic rings. The number of aliphatic carboxylic acids is 1. The van der Waals surface area contributed by atoms with E-state index >= 15 is 0 Å². The molecule has 1 aliphatic heterocycles. The average Bonchev–Trinajstić information content (AvgIpc) is 2.98. The predicted octanol–water partition coefficient (Wildman–Crippen LogP) is 1.53. The molecule has 0 bridgehead atoms. The average molecular weight is 280 g/mol. The summed E-state index contributed by atoms with van der Waals surface area (Å²) in [5.74, 6) is -0.809. The topological polar surface area (TPSA) is 87.5 Å². The fourth-order valence-corrected chi connectivity index (χ4v) is 2.70. The molecule has 1 aliphatic rings. The van der Waals surface area contributed by atoms with Crippen LogP contribution in [0, 0.1) is 5.41 Å². The minimum absolute atomic E-state index is 0.266. The van der Waals surface area contributed by atoms with Gasteiger partial charge in [-0.2, -0.15) is 5.10 Å². The number of likely N-dealkylation sites (tertiary alicyclic amines) is 1. The van der Waals surface area contributed by atoms with Gasteiger partial charge in [0.1, 0.15) is 0 Å². The summed E-state index contributed by atoms with van der Waals surface area (Å²) in [6.07, 6.45) is 5.16. The van der Waals surface area contributed by atoms with Gasteiger partial charge in [-0.1, -0.05) is 13.3 Å². The van der Waals surface area contributed by atoms with Crippen LogP contribution in [0.5, 0.6) is 0 Å². The number of amides is 2. The van der Waals surface area contributed by atoms with Crippen LogP contribution in [-0.2, 0) is 11.8 Å². The number of carboxylic acids is 1. The summed E-state index contributed by atoms with van der Waals surface area (Å²) >= 11 is 0. The van der Waals surface area contributed by atoms with Crippen LogP contribution in [0.2, 0.25) is 0 Å². The Kier molecular flexibility index (Phi) is 3.96. The second kappa shape index (κ2) is 5.52. The number of carboxylic acid groups (broad SMARTS) is 1. The summed E-state index contributed by atoms with van der Waals surface area (Å²) in [4.78, 5) is 25.2. The summed E-state index contributed by atoms with van der Waals surface area (Å²) in [5.41, 5.74) is -0.179. The van der Waals surface area contributed by atoms with Crippen LogP contribution in [0.3, 0.4) is 0 Å². The highest BCUT2D eigenvalue weighted by Gasteiger charge is 2.45. The minimum Gasteiger partial charge on any atom is -0.481 e. The largest absolute Gasteiger partial charge is 0.481 e. The molecule has 0 saturated carbocycles. The summed E-state index contributed by atoms with van der Waals surface area (Å²) in [6.45, 7) is 2.70. The van der Waals surface area contributed by atoms with E-state index < -0.39 is 11.4 Å². The molecule has 1 atom stereocenters. The lowest BCUT2D eigenvalue weighted by molar-refractivity contribution is -0.148. The maximum atomic E-state index is 12.1. The maximum absolute atomic E-state index is 12.1. The first kappa shape index (κ1) is 14.4. The van der Waals surface area contributed by atoms with Crippen molar-refractivity contribution < 1.29 is 14.7 Å². The Bertz CT molecular complexity index is 513. The molecule has 20 heavy (non-hydrogen) atoms. The number of urea groups is 1. The van der Waals surface area contributed by atoms with E-state index in [1.54, 1.807) is 29.0 Å². The molecule has 2 heterocycles. The van der Waals surface area contributed by atoms with E-state index in [2.05, 4.69) is 10.4 Å². The molecule has 2 rings (SSSR count). The maximum Gasteiger partial charge on any atom is 0.321 e. The molecule has 7 heteroatoms. The fourth-order valence-electron chi connectivity index (χ4n) is 2.70. The van der Waals surface area contributed by atoms with Crippen LogP contribution in [0.25, 0.3) is 0 Å². The number of aryl methyl sites for hydroxylation is 1. The molecular weight excluding hydrogens is 260 g/mol. The van der Waals surface area contributed by atoms with Crippen molar-refractivity contribution in [2.75, 3.05) is 18.4 Å². The van der Waals surface area contributed by atoms with E-state index in [0.29, 0.717) is 25.1 Å². The fraction of sp³-hybridized carbons (Fsp3) is 0.615. The summed E-state index contributed by atoms with van der Waals surface area (Å²) in [5, 5.41) is 16.1. The molecular formula is C13H20N4O3. The molecule has 0 aromatic carbocycles. The number of hydrogen-bond donors (Lipinski definition) is 2. The van der Waals surface area contributed by atoms with Gasteiger partial charge in [-0.05, 0) is 12.8 Å². The second-order valence-corrected chi connectivity index (χ2v) is 5.34.